The van der Waals surface area contributed by atoms with Crippen LogP contribution in [0.4, 0.5) is 5.69 Å². The van der Waals surface area contributed by atoms with Gasteiger partial charge in [-0.25, -0.2) is 0 Å². The van der Waals surface area contributed by atoms with Gasteiger partial charge < -0.3 is 14.4 Å². The number of ether oxygens (including phenoxy) is 2. The zero-order valence-corrected chi connectivity index (χ0v) is 20.5. The van der Waals surface area contributed by atoms with Gasteiger partial charge in [-0.05, 0) is 77.8 Å². The molecule has 4 nitrogen and oxygen atoms in total. The summed E-state index contributed by atoms with van der Waals surface area (Å²) in [6.07, 6.45) is 8.33. The molecule has 1 aliphatic rings. The van der Waals surface area contributed by atoms with Crippen LogP contribution < -0.4 is 9.64 Å². The number of hydrogen-bond acceptors (Lipinski definition) is 4. The van der Waals surface area contributed by atoms with E-state index in [2.05, 4.69) is 62.1 Å². The van der Waals surface area contributed by atoms with Gasteiger partial charge in [-0.15, -0.1) is 0 Å². The average Bonchev–Trinajstić information content (AvgIpc) is 2.83. The molecule has 1 unspecified atom stereocenters. The van der Waals surface area contributed by atoms with Gasteiger partial charge in [0.25, 0.3) is 0 Å². The Morgan fingerprint density at radius 3 is 2.55 bits per heavy atom. The van der Waals surface area contributed by atoms with Crippen molar-refractivity contribution in [1.29, 1.82) is 0 Å². The monoisotopic (exact) mass is 449 g/mol. The lowest BCUT2D eigenvalue weighted by Gasteiger charge is -2.31. The number of fused-ring (bicyclic) bond motifs is 1. The van der Waals surface area contributed by atoms with Crippen molar-refractivity contribution in [3.8, 4) is 16.9 Å². The van der Waals surface area contributed by atoms with Gasteiger partial charge in [0, 0.05) is 25.4 Å². The summed E-state index contributed by atoms with van der Waals surface area (Å²) < 4.78 is 11.4. The first-order valence-corrected chi connectivity index (χ1v) is 12.5. The Bertz CT molecular complexity index is 904. The fourth-order valence-corrected chi connectivity index (χ4v) is 4.10. The molecule has 0 N–H and O–H groups in total. The third kappa shape index (κ3) is 7.46. The lowest BCUT2D eigenvalue weighted by molar-refractivity contribution is -0.105. The predicted octanol–water partition coefficient (Wildman–Crippen LogP) is 6.78. The fourth-order valence-electron chi connectivity index (χ4n) is 4.10. The van der Waals surface area contributed by atoms with E-state index in [1.165, 1.54) is 12.1 Å². The molecule has 178 valence electrons. The minimum absolute atomic E-state index is 0.563. The van der Waals surface area contributed by atoms with E-state index in [0.717, 1.165) is 79.7 Å². The molecular weight excluding hydrogens is 410 g/mol. The maximum absolute atomic E-state index is 11.6. The van der Waals surface area contributed by atoms with Crippen LogP contribution in [0.2, 0.25) is 0 Å². The highest BCUT2D eigenvalue weighted by atomic mass is 16.5. The molecular formula is C29H39NO3. The summed E-state index contributed by atoms with van der Waals surface area (Å²) >= 11 is 0. The van der Waals surface area contributed by atoms with Gasteiger partial charge in [-0.3, -0.25) is 4.79 Å². The standard InChI is InChI=1S/C29H39NO3/c1-4-6-16-32-17-18-33-28-12-9-25(10-13-28)26-11-14-29-27(20-26)19-24(22-31)8-7-15-30(29)21-23(3)5-2/h9-14,19-20,22-23H,4-8,15-18,21H2,1-3H3/b24-19+. The summed E-state index contributed by atoms with van der Waals surface area (Å²) in [5.41, 5.74) is 5.51. The van der Waals surface area contributed by atoms with Crippen LogP contribution in [0.1, 0.15) is 58.4 Å². The molecule has 1 atom stereocenters. The SMILES string of the molecule is CCCCOCCOc1ccc(-c2ccc3c(c2)/C=C(/C=O)CCCN3CC(C)CC)cc1. The van der Waals surface area contributed by atoms with Gasteiger partial charge >= 0.3 is 0 Å². The molecule has 0 aromatic heterocycles. The minimum Gasteiger partial charge on any atom is -0.491 e. The zero-order chi connectivity index (χ0) is 23.5. The number of carbonyl (C=O) groups is 1. The normalized spacial score (nSPS) is 16.2. The van der Waals surface area contributed by atoms with Crippen molar-refractivity contribution in [3.05, 3.63) is 53.6 Å². The van der Waals surface area contributed by atoms with E-state index < -0.39 is 0 Å². The van der Waals surface area contributed by atoms with E-state index in [4.69, 9.17) is 9.47 Å². The van der Waals surface area contributed by atoms with Crippen LogP contribution in [0.3, 0.4) is 0 Å². The van der Waals surface area contributed by atoms with Crippen molar-refractivity contribution < 1.29 is 14.3 Å². The molecule has 2 aromatic carbocycles. The third-order valence-corrected chi connectivity index (χ3v) is 6.31. The van der Waals surface area contributed by atoms with Crippen molar-refractivity contribution in [2.45, 2.75) is 52.9 Å². The summed E-state index contributed by atoms with van der Waals surface area (Å²) in [5, 5.41) is 0. The van der Waals surface area contributed by atoms with Crippen LogP contribution in [0.15, 0.2) is 48.0 Å². The van der Waals surface area contributed by atoms with Crippen LogP contribution in [0.25, 0.3) is 17.2 Å². The summed E-state index contributed by atoms with van der Waals surface area (Å²) in [6.45, 7) is 10.7. The number of unbranched alkanes of at least 4 members (excludes halogenated alkanes) is 1. The number of nitrogens with zero attached hydrogens (tertiary/aromatic N) is 1. The molecule has 0 saturated heterocycles. The van der Waals surface area contributed by atoms with Crippen molar-refractivity contribution in [2.75, 3.05) is 37.8 Å². The van der Waals surface area contributed by atoms with Crippen LogP contribution in [-0.4, -0.2) is 39.2 Å². The van der Waals surface area contributed by atoms with Crippen molar-refractivity contribution in [2.24, 2.45) is 5.92 Å². The largest absolute Gasteiger partial charge is 0.491 e. The molecule has 0 radical (unpaired) electrons. The second kappa shape index (κ2) is 13.2. The quantitative estimate of drug-likeness (QED) is 0.264. The summed E-state index contributed by atoms with van der Waals surface area (Å²) in [7, 11) is 0. The molecule has 4 heteroatoms. The molecule has 0 saturated carbocycles. The second-order valence-electron chi connectivity index (χ2n) is 9.01. The Morgan fingerprint density at radius 2 is 1.82 bits per heavy atom. The lowest BCUT2D eigenvalue weighted by Crippen LogP contribution is -2.30. The van der Waals surface area contributed by atoms with Crippen LogP contribution in [-0.2, 0) is 9.53 Å². The highest BCUT2D eigenvalue weighted by molar-refractivity contribution is 5.86. The van der Waals surface area contributed by atoms with E-state index in [9.17, 15) is 4.79 Å². The van der Waals surface area contributed by atoms with Crippen LogP contribution >= 0.6 is 0 Å². The van der Waals surface area contributed by atoms with Crippen molar-refractivity contribution in [3.63, 3.8) is 0 Å². The molecule has 1 heterocycles. The number of hydrogen-bond donors (Lipinski definition) is 0. The number of rotatable bonds is 12. The highest BCUT2D eigenvalue weighted by Crippen LogP contribution is 2.32. The van der Waals surface area contributed by atoms with Gasteiger partial charge in [-0.2, -0.15) is 0 Å². The summed E-state index contributed by atoms with van der Waals surface area (Å²) in [6, 6.07) is 14.8. The van der Waals surface area contributed by atoms with E-state index in [1.54, 1.807) is 0 Å². The number of anilines is 1. The third-order valence-electron chi connectivity index (χ3n) is 6.31. The van der Waals surface area contributed by atoms with Crippen LogP contribution in [0, 0.1) is 5.92 Å². The Hall–Kier alpha value is -2.59. The average molecular weight is 450 g/mol. The van der Waals surface area contributed by atoms with Crippen LogP contribution in [0.5, 0.6) is 5.75 Å². The number of benzene rings is 2. The number of aldehydes is 1. The summed E-state index contributed by atoms with van der Waals surface area (Å²) in [5.74, 6) is 1.49. The minimum atomic E-state index is 0.563. The molecule has 3 rings (SSSR count). The van der Waals surface area contributed by atoms with Crippen molar-refractivity contribution >= 4 is 18.0 Å². The molecule has 33 heavy (non-hydrogen) atoms. The van der Waals surface area contributed by atoms with Gasteiger partial charge in [-0.1, -0.05) is 51.8 Å². The molecule has 0 aliphatic carbocycles. The lowest BCUT2D eigenvalue weighted by atomic mass is 9.96. The maximum atomic E-state index is 11.6. The molecule has 2 aromatic rings. The van der Waals surface area contributed by atoms with Gasteiger partial charge in [0.1, 0.15) is 18.6 Å². The Labute approximate surface area is 199 Å². The number of allylic oxidation sites excluding steroid dienone is 1. The second-order valence-corrected chi connectivity index (χ2v) is 9.01. The first-order valence-electron chi connectivity index (χ1n) is 12.5. The van der Waals surface area contributed by atoms with E-state index in [1.807, 2.05) is 12.1 Å². The Kier molecular flexibility index (Phi) is 10.0. The van der Waals surface area contributed by atoms with Gasteiger partial charge in [0.15, 0.2) is 0 Å². The van der Waals surface area contributed by atoms with Gasteiger partial charge in [0.05, 0.1) is 6.61 Å². The first kappa shape index (κ1) is 25.0. The van der Waals surface area contributed by atoms with E-state index in [-0.39, 0.29) is 0 Å². The first-order chi connectivity index (χ1) is 16.1. The molecule has 0 fully saturated rings. The molecule has 1 aliphatic heterocycles. The zero-order valence-electron chi connectivity index (χ0n) is 20.5. The topological polar surface area (TPSA) is 38.8 Å². The summed E-state index contributed by atoms with van der Waals surface area (Å²) in [4.78, 5) is 14.1. The van der Waals surface area contributed by atoms with Gasteiger partial charge in [0.2, 0.25) is 0 Å². The molecule has 0 bridgehead atoms. The fraction of sp³-hybridized carbons (Fsp3) is 0.483. The van der Waals surface area contributed by atoms with E-state index in [0.29, 0.717) is 19.1 Å². The maximum Gasteiger partial charge on any atom is 0.146 e. The Morgan fingerprint density at radius 1 is 1.03 bits per heavy atom. The predicted molar refractivity (Wildman–Crippen MR) is 138 cm³/mol. The Balaban J connectivity index is 1.75. The molecule has 0 spiro atoms. The van der Waals surface area contributed by atoms with E-state index >= 15 is 0 Å². The highest BCUT2D eigenvalue weighted by Gasteiger charge is 2.17. The molecule has 0 amide bonds. The van der Waals surface area contributed by atoms with Crippen molar-refractivity contribution in [1.82, 2.24) is 0 Å². The smallest absolute Gasteiger partial charge is 0.146 e. The number of carbonyl (C=O) groups excluding carboxylic acids is 1.